The molecule has 0 aliphatic heterocycles. The maximum Gasteiger partial charge on any atom is 0.255 e. The van der Waals surface area contributed by atoms with Crippen LogP contribution in [0, 0.1) is 31.1 Å². The second kappa shape index (κ2) is 4.84. The Kier molecular flexibility index (Phi) is 2.92. The zero-order valence-corrected chi connectivity index (χ0v) is 14.5. The molecule has 0 aromatic carbocycles. The molecule has 0 radical (unpaired) electrons. The highest BCUT2D eigenvalue weighted by molar-refractivity contribution is 6.00. The lowest BCUT2D eigenvalue weighted by Gasteiger charge is -2.51. The summed E-state index contributed by atoms with van der Waals surface area (Å²) in [7, 11) is 0. The molecule has 4 nitrogen and oxygen atoms in total. The highest BCUT2D eigenvalue weighted by atomic mass is 16.1. The molecular formula is C20H25N3O. The normalized spacial score (nSPS) is 34.0. The number of fused-ring (bicyclic) bond motifs is 4. The van der Waals surface area contributed by atoms with E-state index in [2.05, 4.69) is 23.4 Å². The van der Waals surface area contributed by atoms with Gasteiger partial charge in [-0.2, -0.15) is 5.10 Å². The molecular weight excluding hydrogens is 298 g/mol. The van der Waals surface area contributed by atoms with Crippen molar-refractivity contribution in [3.63, 3.8) is 0 Å². The van der Waals surface area contributed by atoms with Crippen LogP contribution in [0.2, 0.25) is 0 Å². The van der Waals surface area contributed by atoms with E-state index in [4.69, 9.17) is 0 Å². The fraction of sp³-hybridized carbons (Fsp3) is 0.600. The zero-order chi connectivity index (χ0) is 16.5. The molecule has 1 N–H and O–H groups in total. The van der Waals surface area contributed by atoms with Crippen molar-refractivity contribution in [2.75, 3.05) is 0 Å². The van der Waals surface area contributed by atoms with Gasteiger partial charge in [-0.25, -0.2) is 4.52 Å². The van der Waals surface area contributed by atoms with E-state index in [1.165, 1.54) is 44.1 Å². The highest BCUT2D eigenvalue weighted by Gasteiger charge is 2.57. The van der Waals surface area contributed by atoms with Crippen molar-refractivity contribution >= 4 is 11.4 Å². The standard InChI is InChI=1S/C20H25N3O/c1-12-3-6-18-17(11-21-23(18)13(12)2)19(24)22-16-9-20(10-16)8-14-4-5-15(20)7-14/h3,6,11,14-16H,4-5,7-10H2,1-2H3,(H,22,24). The number of amides is 1. The Labute approximate surface area is 142 Å². The van der Waals surface area contributed by atoms with Crippen LogP contribution in [-0.4, -0.2) is 21.6 Å². The van der Waals surface area contributed by atoms with Crippen LogP contribution in [0.5, 0.6) is 0 Å². The van der Waals surface area contributed by atoms with Crippen molar-refractivity contribution in [1.29, 1.82) is 0 Å². The van der Waals surface area contributed by atoms with Crippen LogP contribution >= 0.6 is 0 Å². The Bertz CT molecular complexity index is 831. The smallest absolute Gasteiger partial charge is 0.255 e. The molecule has 3 saturated carbocycles. The summed E-state index contributed by atoms with van der Waals surface area (Å²) >= 11 is 0. The van der Waals surface area contributed by atoms with Crippen molar-refractivity contribution in [2.45, 2.75) is 58.4 Å². The number of hydrogen-bond acceptors (Lipinski definition) is 2. The van der Waals surface area contributed by atoms with Gasteiger partial charge in [-0.05, 0) is 74.8 Å². The molecule has 2 heterocycles. The van der Waals surface area contributed by atoms with Gasteiger partial charge in [0.1, 0.15) is 0 Å². The maximum absolute atomic E-state index is 12.7. The second-order valence-electron chi connectivity index (χ2n) is 8.48. The van der Waals surface area contributed by atoms with Crippen LogP contribution in [0.1, 0.15) is 60.1 Å². The summed E-state index contributed by atoms with van der Waals surface area (Å²) < 4.78 is 1.88. The Morgan fingerprint density at radius 1 is 1.25 bits per heavy atom. The van der Waals surface area contributed by atoms with E-state index in [-0.39, 0.29) is 5.91 Å². The third kappa shape index (κ3) is 1.92. The van der Waals surface area contributed by atoms with Crippen LogP contribution < -0.4 is 5.32 Å². The third-order valence-corrected chi connectivity index (χ3v) is 7.17. The van der Waals surface area contributed by atoms with Crippen LogP contribution in [-0.2, 0) is 0 Å². The maximum atomic E-state index is 12.7. The number of nitrogens with one attached hydrogen (secondary N) is 1. The number of aromatic nitrogens is 2. The van der Waals surface area contributed by atoms with Gasteiger partial charge in [0.2, 0.25) is 0 Å². The van der Waals surface area contributed by atoms with Crippen molar-refractivity contribution in [1.82, 2.24) is 14.9 Å². The first-order valence-corrected chi connectivity index (χ1v) is 9.30. The first kappa shape index (κ1) is 14.5. The number of carbonyl (C=O) groups is 1. The van der Waals surface area contributed by atoms with E-state index >= 15 is 0 Å². The van der Waals surface area contributed by atoms with Crippen LogP contribution in [0.3, 0.4) is 0 Å². The molecule has 2 bridgehead atoms. The predicted octanol–water partition coefficient (Wildman–Crippen LogP) is 3.65. The number of hydrogen-bond donors (Lipinski definition) is 1. The minimum Gasteiger partial charge on any atom is -0.349 e. The molecule has 3 aliphatic carbocycles. The Hall–Kier alpha value is -1.84. The summed E-state index contributed by atoms with van der Waals surface area (Å²) in [5.41, 5.74) is 4.47. The lowest BCUT2D eigenvalue weighted by atomic mass is 9.57. The van der Waals surface area contributed by atoms with Gasteiger partial charge >= 0.3 is 0 Å². The fourth-order valence-corrected chi connectivity index (χ4v) is 5.80. The Balaban J connectivity index is 1.31. The molecule has 2 aromatic rings. The van der Waals surface area contributed by atoms with Gasteiger partial charge in [-0.15, -0.1) is 0 Å². The van der Waals surface area contributed by atoms with E-state index in [1.807, 2.05) is 17.5 Å². The Morgan fingerprint density at radius 2 is 2.08 bits per heavy atom. The van der Waals surface area contributed by atoms with Crippen molar-refractivity contribution in [2.24, 2.45) is 17.3 Å². The molecule has 0 saturated heterocycles. The van der Waals surface area contributed by atoms with Gasteiger partial charge in [0.15, 0.2) is 0 Å². The molecule has 24 heavy (non-hydrogen) atoms. The van der Waals surface area contributed by atoms with Gasteiger partial charge < -0.3 is 5.32 Å². The molecule has 2 atom stereocenters. The predicted molar refractivity (Wildman–Crippen MR) is 93.0 cm³/mol. The number of carbonyl (C=O) groups excluding carboxylic acids is 1. The molecule has 2 unspecified atom stereocenters. The number of rotatable bonds is 2. The van der Waals surface area contributed by atoms with Gasteiger partial charge in [0.25, 0.3) is 5.91 Å². The number of nitrogens with zero attached hydrogens (tertiary/aromatic N) is 2. The molecule has 3 fully saturated rings. The molecule has 5 rings (SSSR count). The van der Waals surface area contributed by atoms with E-state index in [0.717, 1.165) is 23.0 Å². The first-order valence-electron chi connectivity index (χ1n) is 9.30. The van der Waals surface area contributed by atoms with E-state index in [0.29, 0.717) is 17.0 Å². The van der Waals surface area contributed by atoms with Crippen molar-refractivity contribution < 1.29 is 4.79 Å². The average Bonchev–Trinajstić information content (AvgIpc) is 3.23. The van der Waals surface area contributed by atoms with Gasteiger partial charge in [0.05, 0.1) is 17.3 Å². The van der Waals surface area contributed by atoms with E-state index in [9.17, 15) is 4.79 Å². The molecule has 1 spiro atoms. The lowest BCUT2D eigenvalue weighted by Crippen LogP contribution is -2.52. The SMILES string of the molecule is Cc1ccc2c(C(=O)NC3CC4(CC5CCC4C5)C3)cnn2c1C. The van der Waals surface area contributed by atoms with Crippen LogP contribution in [0.15, 0.2) is 18.3 Å². The molecule has 1 amide bonds. The number of pyridine rings is 1. The van der Waals surface area contributed by atoms with Gasteiger partial charge in [0, 0.05) is 11.7 Å². The lowest BCUT2D eigenvalue weighted by molar-refractivity contribution is 0.0198. The molecule has 3 aliphatic rings. The molecule has 2 aromatic heterocycles. The first-order chi connectivity index (χ1) is 11.6. The summed E-state index contributed by atoms with van der Waals surface area (Å²) in [5.74, 6) is 1.96. The minimum absolute atomic E-state index is 0.0382. The summed E-state index contributed by atoms with van der Waals surface area (Å²) in [6, 6.07) is 4.43. The zero-order valence-electron chi connectivity index (χ0n) is 14.5. The minimum atomic E-state index is 0.0382. The molecule has 126 valence electrons. The van der Waals surface area contributed by atoms with Crippen molar-refractivity contribution in [3.8, 4) is 0 Å². The number of aryl methyl sites for hydroxylation is 2. The second-order valence-corrected chi connectivity index (χ2v) is 8.48. The van der Waals surface area contributed by atoms with Crippen LogP contribution in [0.4, 0.5) is 0 Å². The third-order valence-electron chi connectivity index (χ3n) is 7.17. The van der Waals surface area contributed by atoms with Crippen molar-refractivity contribution in [3.05, 3.63) is 35.2 Å². The van der Waals surface area contributed by atoms with E-state index in [1.54, 1.807) is 6.20 Å². The van der Waals surface area contributed by atoms with Crippen LogP contribution in [0.25, 0.3) is 5.52 Å². The Morgan fingerprint density at radius 3 is 2.79 bits per heavy atom. The monoisotopic (exact) mass is 323 g/mol. The summed E-state index contributed by atoms with van der Waals surface area (Å²) in [4.78, 5) is 12.7. The van der Waals surface area contributed by atoms with Gasteiger partial charge in [-0.3, -0.25) is 4.79 Å². The average molecular weight is 323 g/mol. The van der Waals surface area contributed by atoms with Gasteiger partial charge in [-0.1, -0.05) is 12.5 Å². The molecule has 4 heteroatoms. The summed E-state index contributed by atoms with van der Waals surface area (Å²) in [5, 5.41) is 7.67. The fourth-order valence-electron chi connectivity index (χ4n) is 5.80. The highest BCUT2D eigenvalue weighted by Crippen LogP contribution is 2.64. The summed E-state index contributed by atoms with van der Waals surface area (Å²) in [6.45, 7) is 4.11. The van der Waals surface area contributed by atoms with E-state index < -0.39 is 0 Å². The largest absolute Gasteiger partial charge is 0.349 e. The quantitative estimate of drug-likeness (QED) is 0.917. The topological polar surface area (TPSA) is 46.4 Å². The summed E-state index contributed by atoms with van der Waals surface area (Å²) in [6.07, 6.45) is 9.84.